The molecule has 2 aromatic rings. The third-order valence-corrected chi connectivity index (χ3v) is 5.35. The van der Waals surface area contributed by atoms with Crippen molar-refractivity contribution < 1.29 is 14.3 Å². The first kappa shape index (κ1) is 15.5. The molecule has 1 aliphatic carbocycles. The van der Waals surface area contributed by atoms with Crippen LogP contribution in [-0.4, -0.2) is 28.5 Å². The molecular formula is C20H23NO3. The molecule has 0 spiro atoms. The number of carbonyl (C=O) groups is 1. The fourth-order valence-corrected chi connectivity index (χ4v) is 4.07. The number of likely N-dealkylation sites (tertiary alicyclic amines) is 1. The van der Waals surface area contributed by atoms with Crippen LogP contribution in [0.15, 0.2) is 41.0 Å². The largest absolute Gasteiger partial charge is 0.467 e. The predicted molar refractivity (Wildman–Crippen MR) is 90.8 cm³/mol. The smallest absolute Gasteiger partial charge is 0.254 e. The van der Waals surface area contributed by atoms with Gasteiger partial charge in [0.2, 0.25) is 0 Å². The molecule has 1 saturated heterocycles. The Bertz CT molecular complexity index is 722. The second kappa shape index (κ2) is 6.44. The number of aliphatic hydroxyl groups is 1. The Labute approximate surface area is 142 Å². The lowest BCUT2D eigenvalue weighted by atomic mass is 10.0. The van der Waals surface area contributed by atoms with Gasteiger partial charge in [-0.2, -0.15) is 0 Å². The number of carbonyl (C=O) groups excluding carboxylic acids is 1. The summed E-state index contributed by atoms with van der Waals surface area (Å²) in [5.74, 6) is 0.672. The van der Waals surface area contributed by atoms with Crippen LogP contribution in [0, 0.1) is 0 Å². The van der Waals surface area contributed by atoms with Crippen LogP contribution < -0.4 is 0 Å². The Balaban J connectivity index is 1.49. The van der Waals surface area contributed by atoms with Crippen LogP contribution in [0.25, 0.3) is 0 Å². The fourth-order valence-electron chi connectivity index (χ4n) is 4.07. The highest BCUT2D eigenvalue weighted by Crippen LogP contribution is 2.30. The number of amides is 1. The van der Waals surface area contributed by atoms with Crippen molar-refractivity contribution in [2.75, 3.05) is 6.54 Å². The van der Waals surface area contributed by atoms with Crippen LogP contribution >= 0.6 is 0 Å². The first-order valence-corrected chi connectivity index (χ1v) is 8.86. The summed E-state index contributed by atoms with van der Waals surface area (Å²) in [6.45, 7) is 0.769. The second-order valence-electron chi connectivity index (χ2n) is 6.90. The van der Waals surface area contributed by atoms with Crippen molar-refractivity contribution in [3.8, 4) is 0 Å². The maximum absolute atomic E-state index is 12.9. The Hall–Kier alpha value is -2.07. The molecule has 1 aliphatic heterocycles. The maximum atomic E-state index is 12.9. The van der Waals surface area contributed by atoms with Crippen LogP contribution in [0.5, 0.6) is 0 Å². The molecule has 1 aromatic carbocycles. The lowest BCUT2D eigenvalue weighted by Crippen LogP contribution is -2.36. The molecule has 126 valence electrons. The molecule has 1 amide bonds. The molecule has 0 bridgehead atoms. The van der Waals surface area contributed by atoms with Gasteiger partial charge in [-0.3, -0.25) is 4.79 Å². The summed E-state index contributed by atoms with van der Waals surface area (Å²) in [4.78, 5) is 14.9. The first-order valence-electron chi connectivity index (χ1n) is 8.86. The second-order valence-corrected chi connectivity index (χ2v) is 6.90. The molecule has 1 fully saturated rings. The highest BCUT2D eigenvalue weighted by Gasteiger charge is 2.32. The van der Waals surface area contributed by atoms with Gasteiger partial charge in [-0.25, -0.2) is 0 Å². The number of fused-ring (bicyclic) bond motifs is 1. The van der Waals surface area contributed by atoms with E-state index in [1.54, 1.807) is 18.4 Å². The van der Waals surface area contributed by atoms with Crippen molar-refractivity contribution in [2.24, 2.45) is 0 Å². The number of rotatable bonds is 4. The topological polar surface area (TPSA) is 53.7 Å². The number of hydrogen-bond acceptors (Lipinski definition) is 3. The van der Waals surface area contributed by atoms with Crippen LogP contribution in [0.2, 0.25) is 0 Å². The summed E-state index contributed by atoms with van der Waals surface area (Å²) in [5, 5.41) is 10.3. The number of nitrogens with zero attached hydrogens (tertiary/aromatic N) is 1. The zero-order valence-corrected chi connectivity index (χ0v) is 13.8. The summed E-state index contributed by atoms with van der Waals surface area (Å²) in [5.41, 5.74) is 3.50. The molecule has 24 heavy (non-hydrogen) atoms. The van der Waals surface area contributed by atoms with Gasteiger partial charge in [-0.1, -0.05) is 6.07 Å². The predicted octanol–water partition coefficient (Wildman–Crippen LogP) is 3.50. The van der Waals surface area contributed by atoms with Crippen LogP contribution in [0.3, 0.4) is 0 Å². The van der Waals surface area contributed by atoms with E-state index in [1.165, 1.54) is 17.5 Å². The van der Waals surface area contributed by atoms with Gasteiger partial charge >= 0.3 is 0 Å². The fraction of sp³-hybridized carbons (Fsp3) is 0.450. The van der Waals surface area contributed by atoms with Crippen molar-refractivity contribution in [3.63, 3.8) is 0 Å². The summed E-state index contributed by atoms with van der Waals surface area (Å²) in [6, 6.07) is 9.78. The van der Waals surface area contributed by atoms with Crippen molar-refractivity contribution in [2.45, 2.75) is 50.7 Å². The minimum atomic E-state index is -0.654. The number of aryl methyl sites for hydroxylation is 2. The van der Waals surface area contributed by atoms with E-state index in [2.05, 4.69) is 12.1 Å². The average Bonchev–Trinajstić information content (AvgIpc) is 3.34. The first-order chi connectivity index (χ1) is 11.7. The normalized spacial score (nSPS) is 21.0. The zero-order chi connectivity index (χ0) is 16.5. The van der Waals surface area contributed by atoms with Gasteiger partial charge < -0.3 is 14.4 Å². The summed E-state index contributed by atoms with van der Waals surface area (Å²) >= 11 is 0. The molecular weight excluding hydrogens is 302 g/mol. The van der Waals surface area contributed by atoms with Crippen molar-refractivity contribution in [1.29, 1.82) is 0 Å². The standard InChI is InChI=1S/C20H23NO3/c22-18(19-7-3-11-24-19)13-17-6-2-10-21(17)20(23)16-9-8-14-4-1-5-15(14)12-16/h3,7-9,11-12,17-18,22H,1-2,4-6,10,13H2. The molecule has 4 rings (SSSR count). The molecule has 2 aliphatic rings. The van der Waals surface area contributed by atoms with E-state index in [0.29, 0.717) is 12.2 Å². The SMILES string of the molecule is O=C(c1ccc2c(c1)CCC2)N1CCCC1CC(O)c1ccco1. The average molecular weight is 325 g/mol. The summed E-state index contributed by atoms with van der Waals surface area (Å²) < 4.78 is 5.28. The molecule has 4 nitrogen and oxygen atoms in total. The third kappa shape index (κ3) is 2.86. The summed E-state index contributed by atoms with van der Waals surface area (Å²) in [7, 11) is 0. The Morgan fingerprint density at radius 2 is 2.12 bits per heavy atom. The molecule has 0 radical (unpaired) electrons. The molecule has 2 unspecified atom stereocenters. The highest BCUT2D eigenvalue weighted by atomic mass is 16.4. The van der Waals surface area contributed by atoms with E-state index < -0.39 is 6.10 Å². The minimum absolute atomic E-state index is 0.0749. The maximum Gasteiger partial charge on any atom is 0.254 e. The van der Waals surface area contributed by atoms with E-state index in [9.17, 15) is 9.90 Å². The van der Waals surface area contributed by atoms with Gasteiger partial charge in [-0.05, 0) is 67.5 Å². The number of aliphatic hydroxyl groups excluding tert-OH is 1. The monoisotopic (exact) mass is 325 g/mol. The minimum Gasteiger partial charge on any atom is -0.467 e. The lowest BCUT2D eigenvalue weighted by molar-refractivity contribution is 0.0641. The van der Waals surface area contributed by atoms with Gasteiger partial charge in [0.15, 0.2) is 0 Å². The molecule has 2 atom stereocenters. The Morgan fingerprint density at radius 1 is 1.25 bits per heavy atom. The van der Waals surface area contributed by atoms with E-state index in [4.69, 9.17) is 4.42 Å². The lowest BCUT2D eigenvalue weighted by Gasteiger charge is -2.26. The van der Waals surface area contributed by atoms with Gasteiger partial charge in [0.25, 0.3) is 5.91 Å². The number of benzene rings is 1. The van der Waals surface area contributed by atoms with Crippen LogP contribution in [0.1, 0.15) is 59.0 Å². The Morgan fingerprint density at radius 3 is 2.96 bits per heavy atom. The van der Waals surface area contributed by atoms with E-state index in [-0.39, 0.29) is 11.9 Å². The molecule has 1 N–H and O–H groups in total. The van der Waals surface area contributed by atoms with Crippen LogP contribution in [0.4, 0.5) is 0 Å². The van der Waals surface area contributed by atoms with Crippen molar-refractivity contribution in [3.05, 3.63) is 59.0 Å². The van der Waals surface area contributed by atoms with Gasteiger partial charge in [0, 0.05) is 24.6 Å². The van der Waals surface area contributed by atoms with E-state index >= 15 is 0 Å². The van der Waals surface area contributed by atoms with Crippen molar-refractivity contribution in [1.82, 2.24) is 4.90 Å². The van der Waals surface area contributed by atoms with Gasteiger partial charge in [0.1, 0.15) is 11.9 Å². The van der Waals surface area contributed by atoms with Gasteiger partial charge in [0.05, 0.1) is 6.26 Å². The molecule has 2 heterocycles. The van der Waals surface area contributed by atoms with Crippen molar-refractivity contribution >= 4 is 5.91 Å². The van der Waals surface area contributed by atoms with E-state index in [0.717, 1.165) is 37.8 Å². The number of furan rings is 1. The molecule has 4 heteroatoms. The summed E-state index contributed by atoms with van der Waals surface area (Å²) in [6.07, 6.45) is 6.78. The van der Waals surface area contributed by atoms with Crippen LogP contribution in [-0.2, 0) is 12.8 Å². The Kier molecular flexibility index (Phi) is 4.15. The molecule has 1 aromatic heterocycles. The quantitative estimate of drug-likeness (QED) is 0.936. The highest BCUT2D eigenvalue weighted by molar-refractivity contribution is 5.95. The number of hydrogen-bond donors (Lipinski definition) is 1. The molecule has 0 saturated carbocycles. The third-order valence-electron chi connectivity index (χ3n) is 5.35. The van der Waals surface area contributed by atoms with Gasteiger partial charge in [-0.15, -0.1) is 0 Å². The zero-order valence-electron chi connectivity index (χ0n) is 13.8. The van der Waals surface area contributed by atoms with E-state index in [1.807, 2.05) is 11.0 Å².